The quantitative estimate of drug-likeness (QED) is 0.460. The van der Waals surface area contributed by atoms with Gasteiger partial charge in [-0.1, -0.05) is 35.9 Å². The van der Waals surface area contributed by atoms with Crippen molar-refractivity contribution in [1.82, 2.24) is 5.32 Å². The molecule has 5 heteroatoms. The maximum atomic E-state index is 12.1. The van der Waals surface area contributed by atoms with Gasteiger partial charge in [-0.15, -0.1) is 0 Å². The number of hydrogen-bond acceptors (Lipinski definition) is 4. The van der Waals surface area contributed by atoms with Crippen molar-refractivity contribution in [2.75, 3.05) is 0 Å². The summed E-state index contributed by atoms with van der Waals surface area (Å²) in [5, 5.41) is 30.5. The van der Waals surface area contributed by atoms with Crippen molar-refractivity contribution in [1.29, 1.82) is 5.26 Å². The topological polar surface area (TPSA) is 93.4 Å². The highest BCUT2D eigenvalue weighted by molar-refractivity contribution is 6.01. The van der Waals surface area contributed by atoms with E-state index in [-0.39, 0.29) is 17.1 Å². The minimum absolute atomic E-state index is 0.0808. The van der Waals surface area contributed by atoms with Crippen molar-refractivity contribution in [3.8, 4) is 17.6 Å². The highest BCUT2D eigenvalue weighted by Crippen LogP contribution is 2.25. The Morgan fingerprint density at radius 1 is 1.22 bits per heavy atom. The molecule has 23 heavy (non-hydrogen) atoms. The highest BCUT2D eigenvalue weighted by Gasteiger charge is 2.09. The minimum Gasteiger partial charge on any atom is -0.504 e. The van der Waals surface area contributed by atoms with E-state index in [1.165, 1.54) is 24.3 Å². The lowest BCUT2D eigenvalue weighted by Crippen LogP contribution is -2.23. The lowest BCUT2D eigenvalue weighted by molar-refractivity contribution is -0.117. The van der Waals surface area contributed by atoms with Crippen molar-refractivity contribution in [3.63, 3.8) is 0 Å². The Balaban J connectivity index is 2.10. The summed E-state index contributed by atoms with van der Waals surface area (Å²) >= 11 is 0. The molecule has 0 saturated heterocycles. The SMILES string of the molecule is Cc1cccc(CNC(=O)/C(C#N)=C/c2ccc(O)c(O)c2)c1. The number of nitrogens with one attached hydrogen (secondary N) is 1. The molecular weight excluding hydrogens is 292 g/mol. The van der Waals surface area contributed by atoms with E-state index in [0.29, 0.717) is 12.1 Å². The first-order valence-corrected chi connectivity index (χ1v) is 6.97. The number of rotatable bonds is 4. The van der Waals surface area contributed by atoms with Crippen LogP contribution < -0.4 is 5.32 Å². The molecule has 0 radical (unpaired) electrons. The molecule has 2 aromatic rings. The van der Waals surface area contributed by atoms with Crippen LogP contribution in [-0.2, 0) is 11.3 Å². The number of amides is 1. The van der Waals surface area contributed by atoms with Gasteiger partial charge in [0.2, 0.25) is 0 Å². The van der Waals surface area contributed by atoms with Gasteiger partial charge in [-0.25, -0.2) is 0 Å². The molecule has 0 atom stereocenters. The van der Waals surface area contributed by atoms with Gasteiger partial charge in [-0.05, 0) is 36.3 Å². The molecule has 3 N–H and O–H groups in total. The van der Waals surface area contributed by atoms with Gasteiger partial charge in [-0.2, -0.15) is 5.26 Å². The van der Waals surface area contributed by atoms with Crippen LogP contribution in [0.3, 0.4) is 0 Å². The van der Waals surface area contributed by atoms with E-state index in [2.05, 4.69) is 5.32 Å². The molecule has 0 unspecified atom stereocenters. The number of hydrogen-bond donors (Lipinski definition) is 3. The van der Waals surface area contributed by atoms with Gasteiger partial charge in [0.15, 0.2) is 11.5 Å². The monoisotopic (exact) mass is 308 g/mol. The molecular formula is C18H16N2O3. The van der Waals surface area contributed by atoms with E-state index in [4.69, 9.17) is 5.26 Å². The molecule has 0 aliphatic rings. The van der Waals surface area contributed by atoms with Crippen LogP contribution in [0.1, 0.15) is 16.7 Å². The van der Waals surface area contributed by atoms with Crippen LogP contribution in [0.2, 0.25) is 0 Å². The van der Waals surface area contributed by atoms with Gasteiger partial charge < -0.3 is 15.5 Å². The summed E-state index contributed by atoms with van der Waals surface area (Å²) in [6, 6.07) is 13.6. The Kier molecular flexibility index (Phi) is 5.00. The average molecular weight is 308 g/mol. The summed E-state index contributed by atoms with van der Waals surface area (Å²) in [7, 11) is 0. The molecule has 5 nitrogen and oxygen atoms in total. The number of phenols is 2. The molecule has 0 aromatic heterocycles. The van der Waals surface area contributed by atoms with Crippen LogP contribution in [0.25, 0.3) is 6.08 Å². The number of nitriles is 1. The van der Waals surface area contributed by atoms with Crippen LogP contribution >= 0.6 is 0 Å². The number of phenolic OH excluding ortho intramolecular Hbond substituents is 2. The van der Waals surface area contributed by atoms with Crippen LogP contribution in [0.15, 0.2) is 48.0 Å². The fourth-order valence-electron chi connectivity index (χ4n) is 2.05. The molecule has 0 spiro atoms. The first kappa shape index (κ1) is 16.1. The van der Waals surface area contributed by atoms with Crippen molar-refractivity contribution in [2.45, 2.75) is 13.5 Å². The lowest BCUT2D eigenvalue weighted by Gasteiger charge is -2.06. The summed E-state index contributed by atoms with van der Waals surface area (Å²) in [5.41, 5.74) is 2.40. The van der Waals surface area contributed by atoms with Crippen LogP contribution in [0.5, 0.6) is 11.5 Å². The Morgan fingerprint density at radius 2 is 2.00 bits per heavy atom. The lowest BCUT2D eigenvalue weighted by atomic mass is 10.1. The second kappa shape index (κ2) is 7.14. The number of aromatic hydroxyl groups is 2. The summed E-state index contributed by atoms with van der Waals surface area (Å²) in [4.78, 5) is 12.1. The van der Waals surface area contributed by atoms with Gasteiger partial charge in [0.05, 0.1) is 0 Å². The number of nitrogens with zero attached hydrogens (tertiary/aromatic N) is 1. The van der Waals surface area contributed by atoms with E-state index >= 15 is 0 Å². The molecule has 0 aliphatic carbocycles. The first-order valence-electron chi connectivity index (χ1n) is 6.97. The fraction of sp³-hybridized carbons (Fsp3) is 0.111. The second-order valence-corrected chi connectivity index (χ2v) is 5.09. The largest absolute Gasteiger partial charge is 0.504 e. The second-order valence-electron chi connectivity index (χ2n) is 5.09. The molecule has 0 aliphatic heterocycles. The first-order chi connectivity index (χ1) is 11.0. The third-order valence-electron chi connectivity index (χ3n) is 3.21. The molecule has 1 amide bonds. The zero-order chi connectivity index (χ0) is 16.8. The highest BCUT2D eigenvalue weighted by atomic mass is 16.3. The number of carbonyl (C=O) groups excluding carboxylic acids is 1. The normalized spacial score (nSPS) is 10.9. The Hall–Kier alpha value is -3.26. The predicted molar refractivity (Wildman–Crippen MR) is 86.4 cm³/mol. The van der Waals surface area contributed by atoms with E-state index in [1.807, 2.05) is 37.3 Å². The molecule has 2 rings (SSSR count). The van der Waals surface area contributed by atoms with Crippen molar-refractivity contribution in [2.24, 2.45) is 0 Å². The molecule has 0 saturated carbocycles. The minimum atomic E-state index is -0.499. The van der Waals surface area contributed by atoms with Crippen molar-refractivity contribution in [3.05, 3.63) is 64.7 Å². The smallest absolute Gasteiger partial charge is 0.262 e. The van der Waals surface area contributed by atoms with Crippen LogP contribution in [0, 0.1) is 18.3 Å². The number of aryl methyl sites for hydroxylation is 1. The summed E-state index contributed by atoms with van der Waals surface area (Å²) in [6.45, 7) is 2.28. The van der Waals surface area contributed by atoms with Crippen molar-refractivity contribution < 1.29 is 15.0 Å². The number of carbonyl (C=O) groups is 1. The maximum Gasteiger partial charge on any atom is 0.262 e. The summed E-state index contributed by atoms with van der Waals surface area (Å²) < 4.78 is 0. The zero-order valence-corrected chi connectivity index (χ0v) is 12.6. The Labute approximate surface area is 134 Å². The van der Waals surface area contributed by atoms with E-state index in [1.54, 1.807) is 0 Å². The van der Waals surface area contributed by atoms with E-state index < -0.39 is 5.91 Å². The Bertz CT molecular complexity index is 804. The van der Waals surface area contributed by atoms with Gasteiger partial charge in [-0.3, -0.25) is 4.79 Å². The predicted octanol–water partition coefficient (Wildman–Crippen LogP) is 2.63. The molecule has 0 bridgehead atoms. The van der Waals surface area contributed by atoms with Gasteiger partial charge >= 0.3 is 0 Å². The maximum absolute atomic E-state index is 12.1. The average Bonchev–Trinajstić information content (AvgIpc) is 2.53. The Morgan fingerprint density at radius 3 is 2.65 bits per heavy atom. The number of benzene rings is 2. The van der Waals surface area contributed by atoms with E-state index in [0.717, 1.165) is 11.1 Å². The fourth-order valence-corrected chi connectivity index (χ4v) is 2.05. The van der Waals surface area contributed by atoms with Gasteiger partial charge in [0, 0.05) is 6.54 Å². The third-order valence-corrected chi connectivity index (χ3v) is 3.21. The summed E-state index contributed by atoms with van der Waals surface area (Å²) in [6.07, 6.45) is 1.35. The standard InChI is InChI=1S/C18H16N2O3/c1-12-3-2-4-14(7-12)11-20-18(23)15(10-19)8-13-5-6-16(21)17(22)9-13/h2-9,21-22H,11H2,1H3,(H,20,23)/b15-8+. The molecule has 0 fully saturated rings. The van der Waals surface area contributed by atoms with Crippen LogP contribution in [-0.4, -0.2) is 16.1 Å². The molecule has 0 heterocycles. The van der Waals surface area contributed by atoms with Crippen LogP contribution in [0.4, 0.5) is 0 Å². The van der Waals surface area contributed by atoms with Crippen molar-refractivity contribution >= 4 is 12.0 Å². The third kappa shape index (κ3) is 4.35. The molecule has 2 aromatic carbocycles. The molecule has 116 valence electrons. The van der Waals surface area contributed by atoms with Gasteiger partial charge in [0.25, 0.3) is 5.91 Å². The zero-order valence-electron chi connectivity index (χ0n) is 12.6. The summed E-state index contributed by atoms with van der Waals surface area (Å²) in [5.74, 6) is -1.07. The van der Waals surface area contributed by atoms with Gasteiger partial charge in [0.1, 0.15) is 11.6 Å². The van der Waals surface area contributed by atoms with E-state index in [9.17, 15) is 15.0 Å².